The summed E-state index contributed by atoms with van der Waals surface area (Å²) >= 11 is 0. The molecular weight excluding hydrogens is 394 g/mol. The minimum atomic E-state index is 0.404. The molecule has 0 bridgehead atoms. The summed E-state index contributed by atoms with van der Waals surface area (Å²) in [7, 11) is 1.89. The predicted molar refractivity (Wildman–Crippen MR) is 120 cm³/mol. The zero-order chi connectivity index (χ0) is 21.2. The quantitative estimate of drug-likeness (QED) is 0.621. The molecule has 166 valence electrons. The molecular formula is C21H31N9O. The van der Waals surface area contributed by atoms with Gasteiger partial charge in [0.15, 0.2) is 5.82 Å². The maximum atomic E-state index is 5.51. The van der Waals surface area contributed by atoms with Gasteiger partial charge < -0.3 is 15.4 Å². The average Bonchev–Trinajstić information content (AvgIpc) is 3.40. The standard InChI is InChI=1S/C21H31N9O/c1-3-30-19-18(13-23-30)26-21(25-16-12-22-28(2)14-16)27-20(19)24-15-4-6-17(7-5-15)29-8-10-31-11-9-29/h12-15,17H,3-11H2,1-2H3,(H2,24,25,26,27). The minimum absolute atomic E-state index is 0.404. The van der Waals surface area contributed by atoms with Crippen LogP contribution >= 0.6 is 0 Å². The Balaban J connectivity index is 1.33. The van der Waals surface area contributed by atoms with Crippen molar-refractivity contribution in [1.82, 2.24) is 34.4 Å². The van der Waals surface area contributed by atoms with Crippen LogP contribution < -0.4 is 10.6 Å². The minimum Gasteiger partial charge on any atom is -0.379 e. The van der Waals surface area contributed by atoms with Gasteiger partial charge in [-0.1, -0.05) is 0 Å². The smallest absolute Gasteiger partial charge is 0.230 e. The molecule has 5 rings (SSSR count). The Labute approximate surface area is 182 Å². The van der Waals surface area contributed by atoms with E-state index >= 15 is 0 Å². The van der Waals surface area contributed by atoms with Crippen LogP contribution in [0.15, 0.2) is 18.6 Å². The molecule has 0 amide bonds. The molecule has 2 aliphatic rings. The van der Waals surface area contributed by atoms with Gasteiger partial charge in [-0.3, -0.25) is 14.3 Å². The van der Waals surface area contributed by atoms with Crippen LogP contribution in [0.5, 0.6) is 0 Å². The largest absolute Gasteiger partial charge is 0.379 e. The second-order valence-electron chi connectivity index (χ2n) is 8.42. The number of hydrogen-bond donors (Lipinski definition) is 2. The van der Waals surface area contributed by atoms with Crippen LogP contribution in [0.1, 0.15) is 32.6 Å². The molecule has 0 atom stereocenters. The van der Waals surface area contributed by atoms with E-state index < -0.39 is 0 Å². The van der Waals surface area contributed by atoms with Crippen LogP contribution in [0.25, 0.3) is 11.0 Å². The Bertz CT molecular complexity index is 1020. The number of ether oxygens (including phenoxy) is 1. The molecule has 1 saturated carbocycles. The van der Waals surface area contributed by atoms with Gasteiger partial charge in [0, 0.05) is 45.0 Å². The van der Waals surface area contributed by atoms with E-state index in [9.17, 15) is 0 Å². The first kappa shape index (κ1) is 20.2. The molecule has 1 aliphatic heterocycles. The molecule has 3 aromatic rings. The third kappa shape index (κ3) is 4.35. The van der Waals surface area contributed by atoms with Crippen LogP contribution in [0, 0.1) is 0 Å². The fraction of sp³-hybridized carbons (Fsp3) is 0.619. The summed E-state index contributed by atoms with van der Waals surface area (Å²) in [4.78, 5) is 12.1. The Hall–Kier alpha value is -2.72. The normalized spacial score (nSPS) is 22.6. The molecule has 3 aromatic heterocycles. The lowest BCUT2D eigenvalue weighted by atomic mass is 9.90. The van der Waals surface area contributed by atoms with Crippen molar-refractivity contribution in [2.75, 3.05) is 36.9 Å². The fourth-order valence-corrected chi connectivity index (χ4v) is 4.73. The van der Waals surface area contributed by atoms with Gasteiger partial charge in [-0.15, -0.1) is 0 Å². The van der Waals surface area contributed by atoms with E-state index in [1.54, 1.807) is 10.9 Å². The molecule has 0 aromatic carbocycles. The van der Waals surface area contributed by atoms with Crippen molar-refractivity contribution in [3.05, 3.63) is 18.6 Å². The zero-order valence-electron chi connectivity index (χ0n) is 18.3. The number of hydrogen-bond acceptors (Lipinski definition) is 8. The number of nitrogens with one attached hydrogen (secondary N) is 2. The molecule has 4 heterocycles. The summed E-state index contributed by atoms with van der Waals surface area (Å²) in [5.41, 5.74) is 2.67. The van der Waals surface area contributed by atoms with E-state index in [0.717, 1.165) is 68.2 Å². The Morgan fingerprint density at radius 3 is 2.58 bits per heavy atom. The van der Waals surface area contributed by atoms with Gasteiger partial charge in [-0.2, -0.15) is 15.2 Å². The van der Waals surface area contributed by atoms with Gasteiger partial charge in [0.25, 0.3) is 0 Å². The van der Waals surface area contributed by atoms with Gasteiger partial charge in [0.1, 0.15) is 11.0 Å². The summed E-state index contributed by atoms with van der Waals surface area (Å²) in [6.07, 6.45) is 10.2. The molecule has 1 saturated heterocycles. The number of morpholine rings is 1. The Morgan fingerprint density at radius 1 is 1.06 bits per heavy atom. The summed E-state index contributed by atoms with van der Waals surface area (Å²) in [5, 5.41) is 15.7. The van der Waals surface area contributed by atoms with Gasteiger partial charge in [0.2, 0.25) is 5.95 Å². The van der Waals surface area contributed by atoms with E-state index in [0.29, 0.717) is 18.0 Å². The number of nitrogens with zero attached hydrogens (tertiary/aromatic N) is 7. The topological polar surface area (TPSA) is 98.0 Å². The van der Waals surface area contributed by atoms with E-state index in [2.05, 4.69) is 37.6 Å². The highest BCUT2D eigenvalue weighted by molar-refractivity contribution is 5.87. The Morgan fingerprint density at radius 2 is 1.87 bits per heavy atom. The average molecular weight is 426 g/mol. The van der Waals surface area contributed by atoms with Crippen molar-refractivity contribution < 1.29 is 4.74 Å². The van der Waals surface area contributed by atoms with Gasteiger partial charge in [-0.25, -0.2) is 4.98 Å². The van der Waals surface area contributed by atoms with E-state index in [1.807, 2.05) is 24.1 Å². The third-order valence-electron chi connectivity index (χ3n) is 6.35. The van der Waals surface area contributed by atoms with Crippen molar-refractivity contribution in [1.29, 1.82) is 0 Å². The molecule has 10 nitrogen and oxygen atoms in total. The fourth-order valence-electron chi connectivity index (χ4n) is 4.73. The highest BCUT2D eigenvalue weighted by Crippen LogP contribution is 2.29. The van der Waals surface area contributed by atoms with Crippen LogP contribution in [0.2, 0.25) is 0 Å². The van der Waals surface area contributed by atoms with Crippen LogP contribution in [0.3, 0.4) is 0 Å². The molecule has 0 spiro atoms. The van der Waals surface area contributed by atoms with Crippen molar-refractivity contribution in [2.24, 2.45) is 7.05 Å². The summed E-state index contributed by atoms with van der Waals surface area (Å²) in [6, 6.07) is 1.08. The second kappa shape index (κ2) is 8.80. The summed E-state index contributed by atoms with van der Waals surface area (Å²) < 4.78 is 9.23. The van der Waals surface area contributed by atoms with Crippen molar-refractivity contribution in [3.8, 4) is 0 Å². The monoisotopic (exact) mass is 425 g/mol. The lowest BCUT2D eigenvalue weighted by Crippen LogP contribution is -2.46. The number of rotatable bonds is 6. The Kier molecular flexibility index (Phi) is 5.73. The lowest BCUT2D eigenvalue weighted by Gasteiger charge is -2.39. The number of aromatic nitrogens is 6. The highest BCUT2D eigenvalue weighted by atomic mass is 16.5. The van der Waals surface area contributed by atoms with Crippen molar-refractivity contribution in [3.63, 3.8) is 0 Å². The van der Waals surface area contributed by atoms with Gasteiger partial charge >= 0.3 is 0 Å². The number of fused-ring (bicyclic) bond motifs is 1. The SMILES string of the molecule is CCn1ncc2nc(Nc3cnn(C)c3)nc(NC3CCC(N4CCOCC4)CC3)c21. The van der Waals surface area contributed by atoms with E-state index in [4.69, 9.17) is 9.72 Å². The van der Waals surface area contributed by atoms with E-state index in [-0.39, 0.29) is 0 Å². The summed E-state index contributed by atoms with van der Waals surface area (Å²) in [6.45, 7) is 6.73. The molecule has 0 radical (unpaired) electrons. The zero-order valence-corrected chi connectivity index (χ0v) is 18.3. The van der Waals surface area contributed by atoms with Crippen molar-refractivity contribution in [2.45, 2.75) is 51.2 Å². The lowest BCUT2D eigenvalue weighted by molar-refractivity contribution is 0.00791. The van der Waals surface area contributed by atoms with Crippen LogP contribution in [-0.4, -0.2) is 72.8 Å². The molecule has 1 aliphatic carbocycles. The van der Waals surface area contributed by atoms with Gasteiger partial charge in [0.05, 0.1) is 31.3 Å². The van der Waals surface area contributed by atoms with Crippen LogP contribution in [-0.2, 0) is 18.3 Å². The molecule has 2 fully saturated rings. The molecule has 31 heavy (non-hydrogen) atoms. The second-order valence-corrected chi connectivity index (χ2v) is 8.42. The predicted octanol–water partition coefficient (Wildman–Crippen LogP) is 2.38. The first-order chi connectivity index (χ1) is 15.2. The van der Waals surface area contributed by atoms with Crippen molar-refractivity contribution >= 4 is 28.5 Å². The first-order valence-corrected chi connectivity index (χ1v) is 11.3. The van der Waals surface area contributed by atoms with E-state index in [1.165, 1.54) is 12.8 Å². The molecule has 2 N–H and O–H groups in total. The molecule has 0 unspecified atom stereocenters. The maximum absolute atomic E-state index is 5.51. The number of anilines is 3. The maximum Gasteiger partial charge on any atom is 0.230 e. The molecule has 10 heteroatoms. The van der Waals surface area contributed by atoms with Gasteiger partial charge in [-0.05, 0) is 32.6 Å². The summed E-state index contributed by atoms with van der Waals surface area (Å²) in [5.74, 6) is 1.41. The third-order valence-corrected chi connectivity index (χ3v) is 6.35. The first-order valence-electron chi connectivity index (χ1n) is 11.3. The van der Waals surface area contributed by atoms with Crippen LogP contribution in [0.4, 0.5) is 17.5 Å². The number of aryl methyl sites for hydroxylation is 2. The highest BCUT2D eigenvalue weighted by Gasteiger charge is 2.27.